The van der Waals surface area contributed by atoms with Crippen LogP contribution in [-0.4, -0.2) is 59.8 Å². The normalized spacial score (nSPS) is 15.9. The molecule has 1 N–H and O–H groups in total. The van der Waals surface area contributed by atoms with E-state index in [1.807, 2.05) is 19.2 Å². The average molecular weight is 276 g/mol. The Morgan fingerprint density at radius 1 is 1.30 bits per heavy atom. The van der Waals surface area contributed by atoms with Gasteiger partial charge in [-0.15, -0.1) is 0 Å². The van der Waals surface area contributed by atoms with E-state index in [-0.39, 0.29) is 18.2 Å². The van der Waals surface area contributed by atoms with Crippen molar-refractivity contribution in [1.29, 1.82) is 0 Å². The minimum Gasteiger partial charge on any atom is -0.352 e. The zero-order valence-electron chi connectivity index (χ0n) is 11.7. The van der Waals surface area contributed by atoms with Gasteiger partial charge in [0, 0.05) is 45.1 Å². The summed E-state index contributed by atoms with van der Waals surface area (Å²) in [5.74, 6) is -0.334. The minimum absolute atomic E-state index is 0.0794. The topological polar surface area (TPSA) is 65.5 Å². The van der Waals surface area contributed by atoms with Gasteiger partial charge in [0.05, 0.1) is 0 Å². The Balaban J connectivity index is 1.72. The average Bonchev–Trinajstić information content (AvgIpc) is 2.47. The molecule has 0 atom stereocenters. The molecule has 2 rings (SSSR count). The molecular weight excluding hydrogens is 256 g/mol. The Hall–Kier alpha value is -1.95. The highest BCUT2D eigenvalue weighted by molar-refractivity contribution is 5.96. The van der Waals surface area contributed by atoms with Gasteiger partial charge in [-0.1, -0.05) is 6.07 Å². The van der Waals surface area contributed by atoms with E-state index in [9.17, 15) is 9.59 Å². The third-order valence-corrected chi connectivity index (χ3v) is 3.38. The van der Waals surface area contributed by atoms with Crippen LogP contribution in [0.3, 0.4) is 0 Å². The Morgan fingerprint density at radius 2 is 2.05 bits per heavy atom. The lowest BCUT2D eigenvalue weighted by molar-refractivity contribution is -0.137. The van der Waals surface area contributed by atoms with Crippen LogP contribution in [0.15, 0.2) is 24.5 Å². The van der Waals surface area contributed by atoms with Gasteiger partial charge < -0.3 is 15.1 Å². The van der Waals surface area contributed by atoms with Crippen LogP contribution in [0.1, 0.15) is 12.0 Å². The van der Waals surface area contributed by atoms with E-state index in [0.29, 0.717) is 19.6 Å². The standard InChI is InChI=1S/C14H20N4O2/c1-17-5-7-18(8-6-17)14(20)9-13(19)16-11-12-3-2-4-15-10-12/h2-4,10H,5-9,11H2,1H3,(H,16,19). The number of rotatable bonds is 4. The largest absolute Gasteiger partial charge is 0.352 e. The number of carbonyl (C=O) groups is 2. The van der Waals surface area contributed by atoms with E-state index in [0.717, 1.165) is 18.7 Å². The lowest BCUT2D eigenvalue weighted by Crippen LogP contribution is -2.48. The smallest absolute Gasteiger partial charge is 0.232 e. The third kappa shape index (κ3) is 4.31. The van der Waals surface area contributed by atoms with Crippen LogP contribution in [0.5, 0.6) is 0 Å². The maximum absolute atomic E-state index is 12.0. The monoisotopic (exact) mass is 276 g/mol. The summed E-state index contributed by atoms with van der Waals surface area (Å²) in [5.41, 5.74) is 0.924. The van der Waals surface area contributed by atoms with Crippen molar-refractivity contribution in [2.45, 2.75) is 13.0 Å². The molecule has 0 saturated carbocycles. The SMILES string of the molecule is CN1CCN(C(=O)CC(=O)NCc2cccnc2)CC1. The van der Waals surface area contributed by atoms with Crippen LogP contribution in [-0.2, 0) is 16.1 Å². The van der Waals surface area contributed by atoms with Crippen molar-refractivity contribution < 1.29 is 9.59 Å². The summed E-state index contributed by atoms with van der Waals surface area (Å²) in [6, 6.07) is 3.70. The molecule has 1 fully saturated rings. The molecule has 20 heavy (non-hydrogen) atoms. The number of hydrogen-bond acceptors (Lipinski definition) is 4. The fraction of sp³-hybridized carbons (Fsp3) is 0.500. The van der Waals surface area contributed by atoms with Crippen molar-refractivity contribution in [2.75, 3.05) is 33.2 Å². The number of aromatic nitrogens is 1. The van der Waals surface area contributed by atoms with Crippen LogP contribution in [0.25, 0.3) is 0 Å². The van der Waals surface area contributed by atoms with Crippen molar-refractivity contribution in [3.05, 3.63) is 30.1 Å². The predicted molar refractivity (Wildman–Crippen MR) is 74.8 cm³/mol. The maximum Gasteiger partial charge on any atom is 0.232 e. The summed E-state index contributed by atoms with van der Waals surface area (Å²) in [6.45, 7) is 3.53. The predicted octanol–water partition coefficient (Wildman–Crippen LogP) is -0.138. The molecule has 1 aromatic heterocycles. The maximum atomic E-state index is 12.0. The van der Waals surface area contributed by atoms with Crippen molar-refractivity contribution >= 4 is 11.8 Å². The van der Waals surface area contributed by atoms with Crippen molar-refractivity contribution in [3.8, 4) is 0 Å². The van der Waals surface area contributed by atoms with E-state index in [4.69, 9.17) is 0 Å². The van der Waals surface area contributed by atoms with Crippen molar-refractivity contribution in [3.63, 3.8) is 0 Å². The van der Waals surface area contributed by atoms with Crippen LogP contribution < -0.4 is 5.32 Å². The Morgan fingerprint density at radius 3 is 2.70 bits per heavy atom. The van der Waals surface area contributed by atoms with Gasteiger partial charge in [0.25, 0.3) is 0 Å². The summed E-state index contributed by atoms with van der Waals surface area (Å²) >= 11 is 0. The van der Waals surface area contributed by atoms with Gasteiger partial charge in [-0.25, -0.2) is 0 Å². The second-order valence-corrected chi connectivity index (χ2v) is 5.00. The first-order valence-electron chi connectivity index (χ1n) is 6.77. The van der Waals surface area contributed by atoms with Crippen LogP contribution in [0.2, 0.25) is 0 Å². The molecule has 0 spiro atoms. The summed E-state index contributed by atoms with van der Waals surface area (Å²) in [5, 5.41) is 2.74. The molecule has 108 valence electrons. The zero-order chi connectivity index (χ0) is 14.4. The Labute approximate surface area is 118 Å². The molecule has 2 amide bonds. The molecule has 6 nitrogen and oxygen atoms in total. The highest BCUT2D eigenvalue weighted by Crippen LogP contribution is 2.02. The molecular formula is C14H20N4O2. The Kier molecular flexibility index (Phi) is 5.06. The minimum atomic E-state index is -0.238. The molecule has 0 radical (unpaired) electrons. The summed E-state index contributed by atoms with van der Waals surface area (Å²) < 4.78 is 0. The second kappa shape index (κ2) is 7.00. The molecule has 0 bridgehead atoms. The molecule has 1 aliphatic heterocycles. The number of nitrogens with one attached hydrogen (secondary N) is 1. The first kappa shape index (κ1) is 14.5. The first-order valence-corrected chi connectivity index (χ1v) is 6.77. The summed E-state index contributed by atoms with van der Waals surface area (Å²) in [7, 11) is 2.03. The van der Waals surface area contributed by atoms with E-state index >= 15 is 0 Å². The number of piperazine rings is 1. The molecule has 0 unspecified atom stereocenters. The summed E-state index contributed by atoms with van der Waals surface area (Å²) in [6.07, 6.45) is 3.30. The van der Waals surface area contributed by atoms with Crippen LogP contribution >= 0.6 is 0 Å². The molecule has 6 heteroatoms. The van der Waals surface area contributed by atoms with E-state index in [1.54, 1.807) is 17.3 Å². The molecule has 0 aliphatic carbocycles. The lowest BCUT2D eigenvalue weighted by atomic mass is 10.2. The van der Waals surface area contributed by atoms with E-state index in [1.165, 1.54) is 0 Å². The first-order chi connectivity index (χ1) is 9.65. The fourth-order valence-electron chi connectivity index (χ4n) is 2.07. The van der Waals surface area contributed by atoms with Crippen molar-refractivity contribution in [1.82, 2.24) is 20.1 Å². The Bertz CT molecular complexity index is 456. The number of pyridine rings is 1. The molecule has 1 saturated heterocycles. The highest BCUT2D eigenvalue weighted by atomic mass is 16.2. The number of likely N-dealkylation sites (N-methyl/N-ethyl adjacent to an activating group) is 1. The van der Waals surface area contributed by atoms with Gasteiger partial charge in [-0.2, -0.15) is 0 Å². The number of hydrogen-bond donors (Lipinski definition) is 1. The van der Waals surface area contributed by atoms with Gasteiger partial charge >= 0.3 is 0 Å². The number of carbonyl (C=O) groups excluding carboxylic acids is 2. The zero-order valence-corrected chi connectivity index (χ0v) is 11.7. The third-order valence-electron chi connectivity index (χ3n) is 3.38. The van der Waals surface area contributed by atoms with Gasteiger partial charge in [-0.3, -0.25) is 14.6 Å². The number of nitrogens with zero attached hydrogens (tertiary/aromatic N) is 3. The van der Waals surface area contributed by atoms with Crippen LogP contribution in [0.4, 0.5) is 0 Å². The van der Waals surface area contributed by atoms with E-state index < -0.39 is 0 Å². The van der Waals surface area contributed by atoms with Gasteiger partial charge in [0.2, 0.25) is 11.8 Å². The second-order valence-electron chi connectivity index (χ2n) is 5.00. The summed E-state index contributed by atoms with van der Waals surface area (Å²) in [4.78, 5) is 31.6. The molecule has 1 aliphatic rings. The lowest BCUT2D eigenvalue weighted by Gasteiger charge is -2.32. The van der Waals surface area contributed by atoms with Gasteiger partial charge in [0.15, 0.2) is 0 Å². The van der Waals surface area contributed by atoms with Crippen molar-refractivity contribution in [2.24, 2.45) is 0 Å². The molecule has 2 heterocycles. The van der Waals surface area contributed by atoms with Gasteiger partial charge in [0.1, 0.15) is 6.42 Å². The van der Waals surface area contributed by atoms with E-state index in [2.05, 4.69) is 15.2 Å². The fourth-order valence-corrected chi connectivity index (χ4v) is 2.07. The quantitative estimate of drug-likeness (QED) is 0.778. The molecule has 1 aromatic rings. The number of amides is 2. The highest BCUT2D eigenvalue weighted by Gasteiger charge is 2.20. The molecule has 0 aromatic carbocycles. The van der Waals surface area contributed by atoms with Crippen LogP contribution in [0, 0.1) is 0 Å². The van der Waals surface area contributed by atoms with Gasteiger partial charge in [-0.05, 0) is 18.7 Å².